The molecule has 3 heteroatoms. The highest BCUT2D eigenvalue weighted by Gasteiger charge is 2.43. The van der Waals surface area contributed by atoms with Crippen molar-refractivity contribution in [1.29, 1.82) is 0 Å². The summed E-state index contributed by atoms with van der Waals surface area (Å²) in [5, 5.41) is 0.249. The Morgan fingerprint density at radius 1 is 1.06 bits per heavy atom. The monoisotopic (exact) mass is 270 g/mol. The van der Waals surface area contributed by atoms with Crippen molar-refractivity contribution >= 4 is 26.8 Å². The molecule has 0 aliphatic rings. The van der Waals surface area contributed by atoms with Crippen LogP contribution in [-0.4, -0.2) is 15.2 Å². The Balaban J connectivity index is 3.07. The molecule has 0 heterocycles. The fraction of sp³-hybridized carbons (Fsp3) is 0.538. The minimum Gasteiger partial charge on any atom is -0.122 e. The molecule has 1 rings (SSSR count). The summed E-state index contributed by atoms with van der Waals surface area (Å²) in [4.78, 5) is 0. The number of aryl methyl sites for hydroxylation is 1. The SMILES string of the molecule is Cc1cccc(C(Cl)[Si](C)(C)[Si](C)(C)C)c1. The maximum atomic E-state index is 6.75. The van der Waals surface area contributed by atoms with Crippen LogP contribution < -0.4 is 0 Å². The Morgan fingerprint density at radius 2 is 1.62 bits per heavy atom. The van der Waals surface area contributed by atoms with E-state index in [0.29, 0.717) is 0 Å². The van der Waals surface area contributed by atoms with Crippen molar-refractivity contribution in [2.24, 2.45) is 0 Å². The van der Waals surface area contributed by atoms with E-state index in [1.165, 1.54) is 11.1 Å². The fourth-order valence-corrected chi connectivity index (χ4v) is 9.26. The zero-order valence-corrected chi connectivity index (χ0v) is 14.0. The maximum absolute atomic E-state index is 6.75. The van der Waals surface area contributed by atoms with Crippen LogP contribution in [0.1, 0.15) is 16.1 Å². The fourth-order valence-electron chi connectivity index (χ4n) is 1.62. The predicted molar refractivity (Wildman–Crippen MR) is 80.6 cm³/mol. The van der Waals surface area contributed by atoms with Gasteiger partial charge in [-0.25, -0.2) is 0 Å². The van der Waals surface area contributed by atoms with Crippen LogP contribution in [0.5, 0.6) is 0 Å². The van der Waals surface area contributed by atoms with Crippen molar-refractivity contribution in [3.05, 3.63) is 35.4 Å². The first-order valence-electron chi connectivity index (χ1n) is 5.87. The molecule has 0 saturated carbocycles. The standard InChI is InChI=1S/C13H23ClSi2/c1-11-8-7-9-12(10-11)13(14)16(5,6)15(2,3)4/h7-10,13H,1-6H3. The van der Waals surface area contributed by atoms with E-state index in [0.717, 1.165) is 0 Å². The first-order valence-corrected chi connectivity index (χ1v) is 13.9. The highest BCUT2D eigenvalue weighted by atomic mass is 35.5. The molecular formula is C13H23ClSi2. The molecule has 0 aromatic heterocycles. The van der Waals surface area contributed by atoms with Gasteiger partial charge in [0.05, 0.1) is 7.59 Å². The summed E-state index contributed by atoms with van der Waals surface area (Å²) in [6, 6.07) is 8.68. The number of alkyl halides is 1. The lowest BCUT2D eigenvalue weighted by Crippen LogP contribution is -2.55. The summed E-state index contributed by atoms with van der Waals surface area (Å²) in [5.74, 6) is 0. The third-order valence-electron chi connectivity index (χ3n) is 3.90. The van der Waals surface area contributed by atoms with Gasteiger partial charge in [-0.05, 0) is 12.5 Å². The highest BCUT2D eigenvalue weighted by Crippen LogP contribution is 2.37. The summed E-state index contributed by atoms with van der Waals surface area (Å²) < 4.78 is 0. The Bertz CT molecular complexity index is 366. The predicted octanol–water partition coefficient (Wildman–Crippen LogP) is 4.94. The quantitative estimate of drug-likeness (QED) is 0.539. The van der Waals surface area contributed by atoms with Crippen molar-refractivity contribution in [3.8, 4) is 0 Å². The number of benzene rings is 1. The van der Waals surface area contributed by atoms with E-state index in [1.54, 1.807) is 0 Å². The van der Waals surface area contributed by atoms with Gasteiger partial charge in [0, 0.05) is 12.6 Å². The molecule has 0 aliphatic heterocycles. The van der Waals surface area contributed by atoms with Gasteiger partial charge in [0.25, 0.3) is 0 Å². The number of halogens is 1. The molecule has 0 nitrogen and oxygen atoms in total. The van der Waals surface area contributed by atoms with Crippen LogP contribution in [0.25, 0.3) is 0 Å². The smallest absolute Gasteiger partial charge is 0.0671 e. The second kappa shape index (κ2) is 4.67. The molecule has 0 radical (unpaired) electrons. The van der Waals surface area contributed by atoms with Crippen molar-refractivity contribution in [2.75, 3.05) is 0 Å². The Kier molecular flexibility index (Phi) is 4.09. The lowest BCUT2D eigenvalue weighted by Gasteiger charge is -2.39. The van der Waals surface area contributed by atoms with Crippen LogP contribution in [-0.2, 0) is 0 Å². The van der Waals surface area contributed by atoms with Gasteiger partial charge >= 0.3 is 0 Å². The molecule has 1 unspecified atom stereocenters. The van der Waals surface area contributed by atoms with Crippen molar-refractivity contribution in [2.45, 2.75) is 44.7 Å². The van der Waals surface area contributed by atoms with E-state index >= 15 is 0 Å². The van der Waals surface area contributed by atoms with Gasteiger partial charge < -0.3 is 0 Å². The Morgan fingerprint density at radius 3 is 2.06 bits per heavy atom. The molecule has 0 spiro atoms. The largest absolute Gasteiger partial charge is 0.122 e. The molecule has 0 fully saturated rings. The van der Waals surface area contributed by atoms with Crippen LogP contribution in [0, 0.1) is 6.92 Å². The lowest BCUT2D eigenvalue weighted by molar-refractivity contribution is 1.25. The average molecular weight is 271 g/mol. The molecule has 90 valence electrons. The second-order valence-corrected chi connectivity index (χ2v) is 23.9. The Hall–Kier alpha value is -0.0562. The van der Waals surface area contributed by atoms with E-state index in [9.17, 15) is 0 Å². The molecule has 1 atom stereocenters. The first kappa shape index (κ1) is 14.0. The second-order valence-electron chi connectivity index (χ2n) is 6.25. The molecular weight excluding hydrogens is 248 g/mol. The van der Waals surface area contributed by atoms with Crippen molar-refractivity contribution in [1.82, 2.24) is 0 Å². The van der Waals surface area contributed by atoms with Gasteiger partial charge in [0.2, 0.25) is 0 Å². The van der Waals surface area contributed by atoms with Crippen LogP contribution in [0.3, 0.4) is 0 Å². The summed E-state index contributed by atoms with van der Waals surface area (Å²) in [6.07, 6.45) is 0. The number of hydrogen-bond acceptors (Lipinski definition) is 0. The van der Waals surface area contributed by atoms with E-state index in [-0.39, 0.29) is 5.00 Å². The summed E-state index contributed by atoms with van der Waals surface area (Å²) in [7, 11) is -2.51. The Labute approximate surface area is 107 Å². The van der Waals surface area contributed by atoms with Gasteiger partial charge in [-0.2, -0.15) is 0 Å². The molecule has 0 aliphatic carbocycles. The third kappa shape index (κ3) is 2.79. The molecule has 0 saturated heterocycles. The van der Waals surface area contributed by atoms with Crippen LogP contribution in [0.2, 0.25) is 32.7 Å². The zero-order valence-electron chi connectivity index (χ0n) is 11.3. The van der Waals surface area contributed by atoms with Gasteiger partial charge in [0.1, 0.15) is 0 Å². The van der Waals surface area contributed by atoms with Gasteiger partial charge in [-0.3, -0.25) is 0 Å². The van der Waals surface area contributed by atoms with Crippen molar-refractivity contribution < 1.29 is 0 Å². The van der Waals surface area contributed by atoms with E-state index < -0.39 is 15.2 Å². The first-order chi connectivity index (χ1) is 7.16. The molecule has 16 heavy (non-hydrogen) atoms. The maximum Gasteiger partial charge on any atom is 0.0671 e. The van der Waals surface area contributed by atoms with Gasteiger partial charge in [-0.1, -0.05) is 62.6 Å². The molecule has 0 amide bonds. The molecule has 0 N–H and O–H groups in total. The summed E-state index contributed by atoms with van der Waals surface area (Å²) >= 11 is 6.75. The molecule has 1 aromatic carbocycles. The molecule has 1 aromatic rings. The van der Waals surface area contributed by atoms with Gasteiger partial charge in [0.15, 0.2) is 0 Å². The molecule has 0 bridgehead atoms. The zero-order chi connectivity index (χ0) is 12.6. The van der Waals surface area contributed by atoms with Crippen LogP contribution in [0.4, 0.5) is 0 Å². The van der Waals surface area contributed by atoms with Crippen LogP contribution in [0.15, 0.2) is 24.3 Å². The minimum absolute atomic E-state index is 0.249. The van der Waals surface area contributed by atoms with E-state index in [4.69, 9.17) is 11.6 Å². The average Bonchev–Trinajstić information content (AvgIpc) is 2.14. The number of hydrogen-bond donors (Lipinski definition) is 0. The topological polar surface area (TPSA) is 0 Å². The van der Waals surface area contributed by atoms with E-state index in [1.807, 2.05) is 0 Å². The summed E-state index contributed by atoms with van der Waals surface area (Å²) in [6.45, 7) is 14.4. The van der Waals surface area contributed by atoms with Crippen LogP contribution >= 0.6 is 11.6 Å². The summed E-state index contributed by atoms with van der Waals surface area (Å²) in [5.41, 5.74) is 2.63. The van der Waals surface area contributed by atoms with Gasteiger partial charge in [-0.15, -0.1) is 11.6 Å². The van der Waals surface area contributed by atoms with E-state index in [2.05, 4.69) is 63.9 Å². The normalized spacial score (nSPS) is 14.9. The van der Waals surface area contributed by atoms with Crippen molar-refractivity contribution in [3.63, 3.8) is 0 Å². The number of rotatable bonds is 3. The highest BCUT2D eigenvalue weighted by molar-refractivity contribution is 7.41. The third-order valence-corrected chi connectivity index (χ3v) is 24.3. The minimum atomic E-state index is -1.37. The lowest BCUT2D eigenvalue weighted by atomic mass is 10.2.